The van der Waals surface area contributed by atoms with Gasteiger partial charge < -0.3 is 11.1 Å². The van der Waals surface area contributed by atoms with Crippen molar-refractivity contribution < 1.29 is 8.78 Å². The first-order valence-corrected chi connectivity index (χ1v) is 6.12. The molecule has 6 heteroatoms. The molecule has 0 bridgehead atoms. The lowest BCUT2D eigenvalue weighted by atomic mass is 10.1. The summed E-state index contributed by atoms with van der Waals surface area (Å²) in [7, 11) is 0. The summed E-state index contributed by atoms with van der Waals surface area (Å²) in [5.74, 6) is 0. The van der Waals surface area contributed by atoms with Gasteiger partial charge in [0.05, 0.1) is 0 Å². The molecule has 0 aromatic heterocycles. The Morgan fingerprint density at radius 1 is 1.00 bits per heavy atom. The lowest BCUT2D eigenvalue weighted by molar-refractivity contribution is 0.152. The molecule has 0 heterocycles. The van der Waals surface area contributed by atoms with Crippen molar-refractivity contribution in [1.29, 1.82) is 0 Å². The Kier molecular flexibility index (Phi) is 4.12. The van der Waals surface area contributed by atoms with Crippen LogP contribution in [0.3, 0.4) is 0 Å². The molecule has 0 saturated carbocycles. The van der Waals surface area contributed by atoms with Gasteiger partial charge in [-0.05, 0) is 36.4 Å². The molecule has 2 nitrogen and oxygen atoms in total. The highest BCUT2D eigenvalue weighted by atomic mass is 35.5. The molecule has 0 unspecified atom stereocenters. The third-order valence-electron chi connectivity index (χ3n) is 2.45. The third kappa shape index (κ3) is 3.49. The summed E-state index contributed by atoms with van der Waals surface area (Å²) in [6.45, 7) is 0. The molecule has 19 heavy (non-hydrogen) atoms. The zero-order valence-electron chi connectivity index (χ0n) is 9.63. The van der Waals surface area contributed by atoms with Crippen molar-refractivity contribution in [3.63, 3.8) is 0 Å². The Hall–Kier alpha value is -1.52. The van der Waals surface area contributed by atoms with Gasteiger partial charge in [-0.2, -0.15) is 0 Å². The minimum Gasteiger partial charge on any atom is -0.399 e. The lowest BCUT2D eigenvalue weighted by Gasteiger charge is -2.13. The molecular weight excluding hydrogens is 293 g/mol. The largest absolute Gasteiger partial charge is 0.399 e. The predicted octanol–water partition coefficient (Wildman–Crippen LogP) is 5.26. The molecular formula is C13H10Cl2F2N2. The Morgan fingerprint density at radius 3 is 2.21 bits per heavy atom. The fourth-order valence-corrected chi connectivity index (χ4v) is 2.18. The van der Waals surface area contributed by atoms with E-state index in [1.807, 2.05) is 0 Å². The smallest absolute Gasteiger partial charge is 0.265 e. The van der Waals surface area contributed by atoms with Crippen LogP contribution in [0.4, 0.5) is 25.8 Å². The van der Waals surface area contributed by atoms with Gasteiger partial charge in [0, 0.05) is 32.7 Å². The summed E-state index contributed by atoms with van der Waals surface area (Å²) in [6, 6.07) is 9.02. The van der Waals surface area contributed by atoms with E-state index in [4.69, 9.17) is 28.9 Å². The number of benzene rings is 2. The van der Waals surface area contributed by atoms with Gasteiger partial charge in [0.1, 0.15) is 0 Å². The quantitative estimate of drug-likeness (QED) is 0.759. The normalized spacial score (nSPS) is 10.8. The van der Waals surface area contributed by atoms with Crippen LogP contribution < -0.4 is 11.1 Å². The highest BCUT2D eigenvalue weighted by Gasteiger charge is 2.13. The van der Waals surface area contributed by atoms with Gasteiger partial charge in [-0.15, -0.1) is 0 Å². The number of anilines is 3. The van der Waals surface area contributed by atoms with Gasteiger partial charge in [-0.3, -0.25) is 0 Å². The number of nitrogens with two attached hydrogens (primary N) is 1. The topological polar surface area (TPSA) is 38.0 Å². The van der Waals surface area contributed by atoms with Crippen LogP contribution in [0, 0.1) is 0 Å². The summed E-state index contributed by atoms with van der Waals surface area (Å²) >= 11 is 11.7. The van der Waals surface area contributed by atoms with Crippen LogP contribution >= 0.6 is 23.2 Å². The molecule has 2 rings (SSSR count). The minimum absolute atomic E-state index is 0.170. The number of halogens is 4. The highest BCUT2D eigenvalue weighted by Crippen LogP contribution is 2.32. The summed E-state index contributed by atoms with van der Waals surface area (Å²) in [5.41, 5.74) is 6.41. The molecule has 2 aromatic rings. The van der Waals surface area contributed by atoms with Gasteiger partial charge in [-0.1, -0.05) is 23.2 Å². The molecule has 0 spiro atoms. The average Bonchev–Trinajstić information content (AvgIpc) is 2.30. The predicted molar refractivity (Wildman–Crippen MR) is 75.6 cm³/mol. The van der Waals surface area contributed by atoms with E-state index in [1.165, 1.54) is 12.1 Å². The van der Waals surface area contributed by atoms with Crippen LogP contribution in [-0.2, 0) is 0 Å². The van der Waals surface area contributed by atoms with E-state index in [9.17, 15) is 8.78 Å². The zero-order chi connectivity index (χ0) is 14.0. The van der Waals surface area contributed by atoms with Crippen molar-refractivity contribution in [2.75, 3.05) is 11.1 Å². The summed E-state index contributed by atoms with van der Waals surface area (Å²) in [6.07, 6.45) is -2.62. The van der Waals surface area contributed by atoms with Crippen LogP contribution in [0.2, 0.25) is 10.0 Å². The van der Waals surface area contributed by atoms with E-state index >= 15 is 0 Å². The maximum Gasteiger partial charge on any atom is 0.265 e. The first-order chi connectivity index (χ1) is 8.95. The molecule has 3 N–H and O–H groups in total. The van der Waals surface area contributed by atoms with E-state index in [2.05, 4.69) is 5.32 Å². The molecule has 0 saturated heterocycles. The second-order valence-corrected chi connectivity index (χ2v) is 4.80. The van der Waals surface area contributed by atoms with Crippen molar-refractivity contribution >= 4 is 40.3 Å². The summed E-state index contributed by atoms with van der Waals surface area (Å²) in [5, 5.41) is 3.70. The molecule has 0 aliphatic carbocycles. The van der Waals surface area contributed by atoms with Gasteiger partial charge in [-0.25, -0.2) is 8.78 Å². The fourth-order valence-electron chi connectivity index (χ4n) is 1.66. The monoisotopic (exact) mass is 302 g/mol. The number of nitrogens with one attached hydrogen (secondary N) is 1. The van der Waals surface area contributed by atoms with Crippen LogP contribution in [0.5, 0.6) is 0 Å². The van der Waals surface area contributed by atoms with Crippen molar-refractivity contribution in [1.82, 2.24) is 0 Å². The van der Waals surface area contributed by atoms with Crippen molar-refractivity contribution in [3.8, 4) is 0 Å². The Morgan fingerprint density at radius 2 is 1.63 bits per heavy atom. The van der Waals surface area contributed by atoms with Crippen LogP contribution in [-0.4, -0.2) is 0 Å². The van der Waals surface area contributed by atoms with Gasteiger partial charge in [0.25, 0.3) is 6.43 Å². The molecule has 0 amide bonds. The molecule has 0 atom stereocenters. The van der Waals surface area contributed by atoms with Crippen molar-refractivity contribution in [2.24, 2.45) is 0 Å². The molecule has 2 aromatic carbocycles. The van der Waals surface area contributed by atoms with Gasteiger partial charge >= 0.3 is 0 Å². The Labute approximate surface area is 119 Å². The SMILES string of the molecule is Nc1ccc(Nc2cc(Cl)cc(Cl)c2)c(C(F)F)c1. The highest BCUT2D eigenvalue weighted by molar-refractivity contribution is 6.35. The maximum absolute atomic E-state index is 12.9. The molecule has 0 fully saturated rings. The number of hydrogen-bond donors (Lipinski definition) is 2. The molecule has 0 aliphatic rings. The fraction of sp³-hybridized carbons (Fsp3) is 0.0769. The van der Waals surface area contributed by atoms with Crippen LogP contribution in [0.15, 0.2) is 36.4 Å². The first-order valence-electron chi connectivity index (χ1n) is 5.36. The van der Waals surface area contributed by atoms with Crippen LogP contribution in [0.25, 0.3) is 0 Å². The standard InChI is InChI=1S/C13H10Cl2F2N2/c14-7-3-8(15)5-10(4-7)19-12-2-1-9(18)6-11(12)13(16)17/h1-6,13,19H,18H2. The van der Waals surface area contributed by atoms with E-state index < -0.39 is 6.43 Å². The summed E-state index contributed by atoms with van der Waals surface area (Å²) in [4.78, 5) is 0. The van der Waals surface area contributed by atoms with Gasteiger partial charge in [0.15, 0.2) is 0 Å². The second-order valence-electron chi connectivity index (χ2n) is 3.93. The van der Waals surface area contributed by atoms with Crippen LogP contribution in [0.1, 0.15) is 12.0 Å². The van der Waals surface area contributed by atoms with Crippen molar-refractivity contribution in [2.45, 2.75) is 6.43 Å². The number of nitrogen functional groups attached to an aromatic ring is 1. The van der Waals surface area contributed by atoms with E-state index in [0.29, 0.717) is 15.7 Å². The Balaban J connectivity index is 2.37. The number of hydrogen-bond acceptors (Lipinski definition) is 2. The maximum atomic E-state index is 12.9. The molecule has 100 valence electrons. The first kappa shape index (κ1) is 13.9. The number of alkyl halides is 2. The molecule has 0 radical (unpaired) electrons. The van der Waals surface area contributed by atoms with E-state index in [1.54, 1.807) is 24.3 Å². The minimum atomic E-state index is -2.62. The second kappa shape index (κ2) is 5.63. The lowest BCUT2D eigenvalue weighted by Crippen LogP contribution is -1.98. The average molecular weight is 303 g/mol. The van der Waals surface area contributed by atoms with E-state index in [0.717, 1.165) is 0 Å². The third-order valence-corrected chi connectivity index (χ3v) is 2.89. The molecule has 0 aliphatic heterocycles. The Bertz CT molecular complexity index is 583. The zero-order valence-corrected chi connectivity index (χ0v) is 11.1. The van der Waals surface area contributed by atoms with Gasteiger partial charge in [0.2, 0.25) is 0 Å². The van der Waals surface area contributed by atoms with Crippen molar-refractivity contribution in [3.05, 3.63) is 52.0 Å². The number of rotatable bonds is 3. The summed E-state index contributed by atoms with van der Waals surface area (Å²) < 4.78 is 25.8. The van der Waals surface area contributed by atoms with E-state index in [-0.39, 0.29) is 16.9 Å².